The second kappa shape index (κ2) is 5.69. The zero-order valence-corrected chi connectivity index (χ0v) is 11.8. The molecule has 1 atom stereocenters. The van der Waals surface area contributed by atoms with Gasteiger partial charge in [-0.3, -0.25) is 9.78 Å². The first-order chi connectivity index (χ1) is 9.03. The van der Waals surface area contributed by atoms with Crippen LogP contribution in [0.1, 0.15) is 30.3 Å². The summed E-state index contributed by atoms with van der Waals surface area (Å²) in [4.78, 5) is 18.1. The molecule has 0 spiro atoms. The third-order valence-electron chi connectivity index (χ3n) is 3.26. The van der Waals surface area contributed by atoms with Crippen LogP contribution in [-0.4, -0.2) is 48.3 Å². The van der Waals surface area contributed by atoms with Gasteiger partial charge in [-0.05, 0) is 25.0 Å². The first-order valence-electron chi connectivity index (χ1n) is 6.46. The number of pyridine rings is 1. The Bertz CT molecular complexity index is 542. The van der Waals surface area contributed by atoms with Gasteiger partial charge in [-0.1, -0.05) is 13.0 Å². The number of carbonyl (C=O) groups excluding carboxylic acids is 1. The zero-order chi connectivity index (χ0) is 13.9. The van der Waals surface area contributed by atoms with Crippen molar-refractivity contribution in [2.24, 2.45) is 0 Å². The SMILES string of the molecule is CCCN(C(=O)c1ccccn1)C1CCS(=O)(=O)C1. The van der Waals surface area contributed by atoms with Crippen molar-refractivity contribution in [2.45, 2.75) is 25.8 Å². The predicted molar refractivity (Wildman–Crippen MR) is 72.6 cm³/mol. The fourth-order valence-corrected chi connectivity index (χ4v) is 4.08. The maximum absolute atomic E-state index is 12.4. The van der Waals surface area contributed by atoms with Gasteiger partial charge in [0.25, 0.3) is 5.91 Å². The van der Waals surface area contributed by atoms with E-state index in [1.165, 1.54) is 0 Å². The summed E-state index contributed by atoms with van der Waals surface area (Å²) in [5.74, 6) is 0.0726. The first kappa shape index (κ1) is 14.0. The van der Waals surface area contributed by atoms with E-state index >= 15 is 0 Å². The van der Waals surface area contributed by atoms with Crippen LogP contribution < -0.4 is 0 Å². The highest BCUT2D eigenvalue weighted by Crippen LogP contribution is 2.19. The van der Waals surface area contributed by atoms with Crippen molar-refractivity contribution >= 4 is 15.7 Å². The minimum Gasteiger partial charge on any atom is -0.333 e. The molecule has 6 heteroatoms. The number of nitrogens with zero attached hydrogens (tertiary/aromatic N) is 2. The number of aromatic nitrogens is 1. The minimum absolute atomic E-state index is 0.0750. The largest absolute Gasteiger partial charge is 0.333 e. The van der Waals surface area contributed by atoms with Crippen molar-refractivity contribution in [3.05, 3.63) is 30.1 Å². The van der Waals surface area contributed by atoms with Crippen LogP contribution in [0.4, 0.5) is 0 Å². The van der Waals surface area contributed by atoms with Crippen molar-refractivity contribution < 1.29 is 13.2 Å². The molecule has 1 aliphatic rings. The van der Waals surface area contributed by atoms with Crippen LogP contribution in [-0.2, 0) is 9.84 Å². The molecule has 0 N–H and O–H groups in total. The van der Waals surface area contributed by atoms with Gasteiger partial charge in [0.1, 0.15) is 5.69 Å². The third-order valence-corrected chi connectivity index (χ3v) is 5.01. The zero-order valence-electron chi connectivity index (χ0n) is 10.9. The first-order valence-corrected chi connectivity index (χ1v) is 8.28. The lowest BCUT2D eigenvalue weighted by Gasteiger charge is -2.27. The summed E-state index contributed by atoms with van der Waals surface area (Å²) in [7, 11) is -2.99. The molecule has 1 aliphatic heterocycles. The standard InChI is InChI=1S/C13H18N2O3S/c1-2-8-15(11-6-9-19(17,18)10-11)13(16)12-5-3-4-7-14-12/h3-5,7,11H,2,6,8-10H2,1H3. The highest BCUT2D eigenvalue weighted by molar-refractivity contribution is 7.91. The Balaban J connectivity index is 2.19. The summed E-state index contributed by atoms with van der Waals surface area (Å²) in [6, 6.07) is 4.96. The van der Waals surface area contributed by atoms with Gasteiger partial charge in [0.15, 0.2) is 9.84 Å². The molecule has 2 heterocycles. The van der Waals surface area contributed by atoms with Gasteiger partial charge in [-0.25, -0.2) is 8.42 Å². The van der Waals surface area contributed by atoms with Crippen molar-refractivity contribution in [1.82, 2.24) is 9.88 Å². The van der Waals surface area contributed by atoms with Crippen molar-refractivity contribution in [1.29, 1.82) is 0 Å². The van der Waals surface area contributed by atoms with Gasteiger partial charge < -0.3 is 4.90 Å². The Hall–Kier alpha value is -1.43. The quantitative estimate of drug-likeness (QED) is 0.830. The van der Waals surface area contributed by atoms with Crippen LogP contribution in [0.5, 0.6) is 0 Å². The highest BCUT2D eigenvalue weighted by Gasteiger charge is 2.34. The van der Waals surface area contributed by atoms with E-state index in [9.17, 15) is 13.2 Å². The minimum atomic E-state index is -2.99. The summed E-state index contributed by atoms with van der Waals surface area (Å²) in [6.45, 7) is 2.54. The second-order valence-corrected chi connectivity index (χ2v) is 7.00. The maximum atomic E-state index is 12.4. The van der Waals surface area contributed by atoms with Gasteiger partial charge in [-0.15, -0.1) is 0 Å². The molecule has 1 fully saturated rings. The van der Waals surface area contributed by atoms with Gasteiger partial charge in [0.2, 0.25) is 0 Å². The van der Waals surface area contributed by atoms with Gasteiger partial charge in [0.05, 0.1) is 11.5 Å². The molecule has 1 unspecified atom stereocenters. The molecule has 1 aromatic heterocycles. The molecule has 0 saturated carbocycles. The van der Waals surface area contributed by atoms with E-state index in [1.807, 2.05) is 6.92 Å². The monoisotopic (exact) mass is 282 g/mol. The van der Waals surface area contributed by atoms with E-state index < -0.39 is 9.84 Å². The van der Waals surface area contributed by atoms with Crippen LogP contribution in [0.3, 0.4) is 0 Å². The number of hydrogen-bond donors (Lipinski definition) is 0. The molecule has 0 radical (unpaired) electrons. The van der Waals surface area contributed by atoms with E-state index in [1.54, 1.807) is 29.3 Å². The Morgan fingerprint density at radius 2 is 2.26 bits per heavy atom. The molecule has 0 aliphatic carbocycles. The molecule has 2 rings (SSSR count). The van der Waals surface area contributed by atoms with Crippen LogP contribution in [0, 0.1) is 0 Å². The molecule has 0 aromatic carbocycles. The summed E-state index contributed by atoms with van der Waals surface area (Å²) < 4.78 is 23.1. The van der Waals surface area contributed by atoms with Crippen LogP contribution in [0.15, 0.2) is 24.4 Å². The lowest BCUT2D eigenvalue weighted by atomic mass is 10.2. The van der Waals surface area contributed by atoms with Gasteiger partial charge in [0, 0.05) is 18.8 Å². The number of sulfone groups is 1. The molecular formula is C13H18N2O3S. The fourth-order valence-electron chi connectivity index (χ4n) is 2.35. The molecule has 1 aromatic rings. The smallest absolute Gasteiger partial charge is 0.272 e. The van der Waals surface area contributed by atoms with Gasteiger partial charge >= 0.3 is 0 Å². The van der Waals surface area contributed by atoms with Crippen molar-refractivity contribution in [3.8, 4) is 0 Å². The fraction of sp³-hybridized carbons (Fsp3) is 0.538. The topological polar surface area (TPSA) is 67.3 Å². The summed E-state index contributed by atoms with van der Waals surface area (Å²) >= 11 is 0. The Kier molecular flexibility index (Phi) is 4.19. The number of rotatable bonds is 4. The normalized spacial score (nSPS) is 21.2. The van der Waals surface area contributed by atoms with Gasteiger partial charge in [-0.2, -0.15) is 0 Å². The summed E-state index contributed by atoms with van der Waals surface area (Å²) in [5.41, 5.74) is 0.375. The van der Waals surface area contributed by atoms with Crippen LogP contribution >= 0.6 is 0 Å². The molecular weight excluding hydrogens is 264 g/mol. The third kappa shape index (κ3) is 3.32. The average Bonchev–Trinajstić information content (AvgIpc) is 2.76. The van der Waals surface area contributed by atoms with Crippen LogP contribution in [0.2, 0.25) is 0 Å². The maximum Gasteiger partial charge on any atom is 0.272 e. The van der Waals surface area contributed by atoms with E-state index in [4.69, 9.17) is 0 Å². The van der Waals surface area contributed by atoms with Crippen LogP contribution in [0.25, 0.3) is 0 Å². The van der Waals surface area contributed by atoms with E-state index in [-0.39, 0.29) is 23.5 Å². The molecule has 5 nitrogen and oxygen atoms in total. The molecule has 1 saturated heterocycles. The highest BCUT2D eigenvalue weighted by atomic mass is 32.2. The summed E-state index contributed by atoms with van der Waals surface area (Å²) in [6.07, 6.45) is 2.90. The molecule has 1 amide bonds. The number of hydrogen-bond acceptors (Lipinski definition) is 4. The molecule has 0 bridgehead atoms. The average molecular weight is 282 g/mol. The second-order valence-electron chi connectivity index (χ2n) is 4.77. The van der Waals surface area contributed by atoms with E-state index in [0.717, 1.165) is 6.42 Å². The van der Waals surface area contributed by atoms with E-state index in [0.29, 0.717) is 18.7 Å². The molecule has 19 heavy (non-hydrogen) atoms. The Morgan fingerprint density at radius 3 is 2.79 bits per heavy atom. The Labute approximate surface area is 113 Å². The number of carbonyl (C=O) groups is 1. The predicted octanol–water partition coefficient (Wildman–Crippen LogP) is 1.12. The lowest BCUT2D eigenvalue weighted by Crippen LogP contribution is -2.42. The number of amides is 1. The Morgan fingerprint density at radius 1 is 1.47 bits per heavy atom. The summed E-state index contributed by atoms with van der Waals surface area (Å²) in [5, 5.41) is 0. The lowest BCUT2D eigenvalue weighted by molar-refractivity contribution is 0.0691. The molecule has 104 valence electrons. The van der Waals surface area contributed by atoms with Crippen molar-refractivity contribution in [3.63, 3.8) is 0 Å². The van der Waals surface area contributed by atoms with Crippen molar-refractivity contribution in [2.75, 3.05) is 18.1 Å². The van der Waals surface area contributed by atoms with E-state index in [2.05, 4.69) is 4.98 Å².